The van der Waals surface area contributed by atoms with Gasteiger partial charge in [-0.1, -0.05) is 36.4 Å². The zero-order valence-electron chi connectivity index (χ0n) is 25.8. The topological polar surface area (TPSA) is 62.8 Å². The molecular weight excluding hydrogens is 579 g/mol. The molecule has 6 nitrogen and oxygen atoms in total. The molecule has 6 rings (SSSR count). The van der Waals surface area contributed by atoms with E-state index in [-0.39, 0.29) is 30.1 Å². The summed E-state index contributed by atoms with van der Waals surface area (Å²) < 4.78 is 52.3. The van der Waals surface area contributed by atoms with E-state index in [0.29, 0.717) is 39.0 Å². The summed E-state index contributed by atoms with van der Waals surface area (Å²) in [6, 6.07) is 16.1. The van der Waals surface area contributed by atoms with Crippen LogP contribution in [0.4, 0.5) is 13.2 Å². The number of amides is 1. The Kier molecular flexibility index (Phi) is 9.19. The summed E-state index contributed by atoms with van der Waals surface area (Å²) in [4.78, 5) is 15.8. The number of nitrogens with one attached hydrogen (secondary N) is 2. The molecule has 3 aromatic carbocycles. The molecule has 3 aliphatic rings. The first-order valence-electron chi connectivity index (χ1n) is 15.8. The van der Waals surface area contributed by atoms with Crippen LogP contribution in [0.3, 0.4) is 0 Å². The Hall–Kier alpha value is -3.82. The highest BCUT2D eigenvalue weighted by Crippen LogP contribution is 2.36. The van der Waals surface area contributed by atoms with Gasteiger partial charge in [0.25, 0.3) is 5.91 Å². The average Bonchev–Trinajstić information content (AvgIpc) is 3.88. The first kappa shape index (κ1) is 31.2. The Morgan fingerprint density at radius 3 is 2.49 bits per heavy atom. The van der Waals surface area contributed by atoms with Gasteiger partial charge in [-0.05, 0) is 92.5 Å². The second kappa shape index (κ2) is 13.3. The van der Waals surface area contributed by atoms with Crippen LogP contribution in [0.15, 0.2) is 66.2 Å². The fraction of sp³-hybridized carbons (Fsp3) is 0.417. The Morgan fingerprint density at radius 1 is 0.956 bits per heavy atom. The van der Waals surface area contributed by atoms with Crippen LogP contribution in [-0.2, 0) is 16.8 Å². The fourth-order valence-corrected chi connectivity index (χ4v) is 6.30. The molecule has 238 valence electrons. The Labute approximate surface area is 262 Å². The minimum atomic E-state index is -1.31. The summed E-state index contributed by atoms with van der Waals surface area (Å²) >= 11 is 0. The van der Waals surface area contributed by atoms with Crippen molar-refractivity contribution in [3.05, 3.63) is 106 Å². The summed E-state index contributed by atoms with van der Waals surface area (Å²) in [7, 11) is 0. The number of piperazine rings is 1. The molecule has 2 N–H and O–H groups in total. The van der Waals surface area contributed by atoms with Gasteiger partial charge in [-0.3, -0.25) is 10.1 Å². The molecule has 2 fully saturated rings. The van der Waals surface area contributed by atoms with Gasteiger partial charge in [0.2, 0.25) is 5.82 Å². The average molecular weight is 620 g/mol. The van der Waals surface area contributed by atoms with Crippen LogP contribution < -0.4 is 20.1 Å². The standard InChI is InChI=1S/C36H40F3N3O3/c1-23-5-12-28(20-24(23)2)44-19-17-42(27-10-11-27)35(43)29-15-16-36(22-40-21-32(29)41-36)26-8-6-25(7-9-26)4-3-18-45-34-31(38)14-13-30(37)33(34)39/h5-9,12-15,20,27,32,40-41H,3-4,10-11,16-19,21-22H2,1-2H3. The van der Waals surface area contributed by atoms with Gasteiger partial charge in [-0.15, -0.1) is 0 Å². The van der Waals surface area contributed by atoms with Crippen molar-refractivity contribution < 1.29 is 27.4 Å². The highest BCUT2D eigenvalue weighted by molar-refractivity contribution is 5.95. The number of rotatable bonds is 12. The van der Waals surface area contributed by atoms with E-state index in [1.165, 1.54) is 11.1 Å². The lowest BCUT2D eigenvalue weighted by molar-refractivity contribution is -0.128. The van der Waals surface area contributed by atoms with Crippen LogP contribution in [0.1, 0.15) is 47.9 Å². The molecule has 1 amide bonds. The van der Waals surface area contributed by atoms with E-state index in [1.54, 1.807) is 0 Å². The van der Waals surface area contributed by atoms with Crippen LogP contribution in [0.5, 0.6) is 11.5 Å². The summed E-state index contributed by atoms with van der Waals surface area (Å²) in [5.41, 5.74) is 5.10. The van der Waals surface area contributed by atoms with Gasteiger partial charge in [0.1, 0.15) is 12.4 Å². The monoisotopic (exact) mass is 619 g/mol. The van der Waals surface area contributed by atoms with E-state index in [0.717, 1.165) is 54.0 Å². The first-order valence-corrected chi connectivity index (χ1v) is 15.8. The summed E-state index contributed by atoms with van der Waals surface area (Å²) in [5.74, 6) is -3.12. The van der Waals surface area contributed by atoms with E-state index < -0.39 is 23.2 Å². The van der Waals surface area contributed by atoms with Crippen molar-refractivity contribution in [2.24, 2.45) is 0 Å². The quantitative estimate of drug-likeness (QED) is 0.196. The Morgan fingerprint density at radius 2 is 1.73 bits per heavy atom. The molecule has 9 heteroatoms. The summed E-state index contributed by atoms with van der Waals surface area (Å²) in [6.07, 6.45) is 6.03. The Balaban J connectivity index is 1.05. The van der Waals surface area contributed by atoms with Crippen molar-refractivity contribution in [2.45, 2.75) is 63.6 Å². The number of nitrogens with zero attached hydrogens (tertiary/aromatic N) is 1. The normalized spacial score (nSPS) is 20.8. The minimum Gasteiger partial charge on any atom is -0.492 e. The van der Waals surface area contributed by atoms with Crippen molar-refractivity contribution in [2.75, 3.05) is 32.8 Å². The molecule has 1 aliphatic carbocycles. The number of fused-ring (bicyclic) bond motifs is 2. The number of benzene rings is 3. The highest BCUT2D eigenvalue weighted by atomic mass is 19.2. The van der Waals surface area contributed by atoms with Gasteiger partial charge >= 0.3 is 0 Å². The lowest BCUT2D eigenvalue weighted by Gasteiger charge is -2.47. The van der Waals surface area contributed by atoms with Gasteiger partial charge in [0, 0.05) is 24.7 Å². The van der Waals surface area contributed by atoms with Gasteiger partial charge < -0.3 is 19.7 Å². The maximum absolute atomic E-state index is 13.8. The molecular formula is C36H40F3N3O3. The zero-order valence-corrected chi connectivity index (χ0v) is 25.8. The van der Waals surface area contributed by atoms with Crippen LogP contribution in [-0.4, -0.2) is 55.7 Å². The van der Waals surface area contributed by atoms with Crippen LogP contribution in [0.25, 0.3) is 0 Å². The number of ether oxygens (including phenoxy) is 2. The fourth-order valence-electron chi connectivity index (χ4n) is 6.30. The molecule has 3 aromatic rings. The van der Waals surface area contributed by atoms with Crippen molar-refractivity contribution in [1.29, 1.82) is 0 Å². The van der Waals surface area contributed by atoms with Gasteiger partial charge in [0.15, 0.2) is 17.4 Å². The van der Waals surface area contributed by atoms with Crippen LogP contribution in [0, 0.1) is 31.3 Å². The van der Waals surface area contributed by atoms with E-state index in [2.05, 4.69) is 48.8 Å². The minimum absolute atomic E-state index is 0.0629. The maximum atomic E-state index is 13.8. The van der Waals surface area contributed by atoms with E-state index in [9.17, 15) is 18.0 Å². The third-order valence-electron chi connectivity index (χ3n) is 9.21. The molecule has 2 unspecified atom stereocenters. The number of hydrogen-bond acceptors (Lipinski definition) is 5. The van der Waals surface area contributed by atoms with Crippen molar-refractivity contribution >= 4 is 5.91 Å². The molecule has 45 heavy (non-hydrogen) atoms. The van der Waals surface area contributed by atoms with Gasteiger partial charge in [0.05, 0.1) is 24.7 Å². The number of carbonyl (C=O) groups excluding carboxylic acids is 1. The van der Waals surface area contributed by atoms with Crippen molar-refractivity contribution in [3.8, 4) is 11.5 Å². The number of carbonyl (C=O) groups is 1. The summed E-state index contributed by atoms with van der Waals surface area (Å²) in [6.45, 7) is 6.65. The number of aryl methyl sites for hydroxylation is 3. The van der Waals surface area contributed by atoms with E-state index in [1.807, 2.05) is 29.2 Å². The highest BCUT2D eigenvalue weighted by Gasteiger charge is 2.44. The third-order valence-corrected chi connectivity index (χ3v) is 9.21. The second-order valence-electron chi connectivity index (χ2n) is 12.4. The SMILES string of the molecule is Cc1ccc(OCCN(C(=O)C2=CCC3(c4ccc(CCCOc5c(F)ccc(F)c5F)cc4)CNCC2N3)C2CC2)cc1C. The predicted octanol–water partition coefficient (Wildman–Crippen LogP) is 5.89. The van der Waals surface area contributed by atoms with Crippen molar-refractivity contribution in [3.63, 3.8) is 0 Å². The largest absolute Gasteiger partial charge is 0.492 e. The lowest BCUT2D eigenvalue weighted by Crippen LogP contribution is -2.65. The molecule has 2 atom stereocenters. The lowest BCUT2D eigenvalue weighted by atomic mass is 9.78. The van der Waals surface area contributed by atoms with E-state index in [4.69, 9.17) is 9.47 Å². The number of hydrogen-bond donors (Lipinski definition) is 2. The van der Waals surface area contributed by atoms with E-state index >= 15 is 0 Å². The molecule has 2 aliphatic heterocycles. The molecule has 0 radical (unpaired) electrons. The Bertz CT molecular complexity index is 1570. The predicted molar refractivity (Wildman–Crippen MR) is 167 cm³/mol. The molecule has 1 saturated carbocycles. The van der Waals surface area contributed by atoms with Crippen molar-refractivity contribution in [1.82, 2.24) is 15.5 Å². The van der Waals surface area contributed by atoms with Crippen LogP contribution >= 0.6 is 0 Å². The molecule has 2 heterocycles. The summed E-state index contributed by atoms with van der Waals surface area (Å²) in [5, 5.41) is 7.35. The maximum Gasteiger partial charge on any atom is 0.251 e. The third kappa shape index (κ3) is 6.89. The second-order valence-corrected chi connectivity index (χ2v) is 12.4. The molecule has 0 spiro atoms. The smallest absolute Gasteiger partial charge is 0.251 e. The first-order chi connectivity index (χ1) is 21.7. The number of halogens is 3. The molecule has 2 bridgehead atoms. The molecule has 1 saturated heterocycles. The van der Waals surface area contributed by atoms with Gasteiger partial charge in [-0.2, -0.15) is 4.39 Å². The molecule has 0 aromatic heterocycles. The van der Waals surface area contributed by atoms with Crippen LogP contribution in [0.2, 0.25) is 0 Å². The zero-order chi connectivity index (χ0) is 31.6. The van der Waals surface area contributed by atoms with Gasteiger partial charge in [-0.25, -0.2) is 8.78 Å².